The Morgan fingerprint density at radius 2 is 1.73 bits per heavy atom. The number of rotatable bonds is 9. The minimum Gasteiger partial charge on any atom is -0.457 e. The molecule has 5 aromatic rings. The Hall–Kier alpha value is -3.63. The fourth-order valence-electron chi connectivity index (χ4n) is 5.79. The van der Waals surface area contributed by atoms with Crippen molar-refractivity contribution in [3.05, 3.63) is 99.0 Å². The molecule has 1 fully saturated rings. The molecule has 7 heteroatoms. The molecule has 1 N–H and O–H groups in total. The van der Waals surface area contributed by atoms with Gasteiger partial charge in [-0.3, -0.25) is 0 Å². The van der Waals surface area contributed by atoms with Gasteiger partial charge in [0.15, 0.2) is 0 Å². The molecule has 1 aliphatic rings. The molecule has 41 heavy (non-hydrogen) atoms. The molecule has 1 aliphatic heterocycles. The van der Waals surface area contributed by atoms with Crippen molar-refractivity contribution >= 4 is 33.8 Å². The van der Waals surface area contributed by atoms with Crippen LogP contribution in [-0.4, -0.2) is 34.5 Å². The van der Waals surface area contributed by atoms with E-state index < -0.39 is 0 Å². The van der Waals surface area contributed by atoms with Crippen LogP contribution in [0.4, 0.5) is 0 Å². The van der Waals surface area contributed by atoms with E-state index in [1.807, 2.05) is 66.1 Å². The van der Waals surface area contributed by atoms with Crippen LogP contribution in [0.3, 0.4) is 0 Å². The average Bonchev–Trinajstić information content (AvgIpc) is 3.64. The lowest BCUT2D eigenvalue weighted by atomic mass is 9.96. The van der Waals surface area contributed by atoms with E-state index in [1.54, 1.807) is 0 Å². The number of nitriles is 1. The SMILES string of the molecule is Cc1sc(C2CCN(CCCCc3c(C#N)ccc4[nH]ccc34)CC2)nc1-c1ccc(Oc2ccc(Cl)cc2)cc1. The Balaban J connectivity index is 0.997. The summed E-state index contributed by atoms with van der Waals surface area (Å²) in [6.45, 7) is 5.53. The van der Waals surface area contributed by atoms with Crippen molar-refractivity contribution in [3.63, 3.8) is 0 Å². The lowest BCUT2D eigenvalue weighted by molar-refractivity contribution is 0.209. The van der Waals surface area contributed by atoms with Gasteiger partial charge in [0.25, 0.3) is 0 Å². The van der Waals surface area contributed by atoms with Gasteiger partial charge in [0, 0.05) is 38.5 Å². The van der Waals surface area contributed by atoms with Gasteiger partial charge in [0.1, 0.15) is 11.5 Å². The van der Waals surface area contributed by atoms with Gasteiger partial charge in [0.2, 0.25) is 0 Å². The third-order valence-electron chi connectivity index (χ3n) is 8.04. The van der Waals surface area contributed by atoms with Crippen LogP contribution in [0.5, 0.6) is 11.5 Å². The monoisotopic (exact) mass is 580 g/mol. The van der Waals surface area contributed by atoms with Crippen LogP contribution >= 0.6 is 22.9 Å². The summed E-state index contributed by atoms with van der Waals surface area (Å²) in [5.74, 6) is 2.09. The lowest BCUT2D eigenvalue weighted by Crippen LogP contribution is -2.33. The quantitative estimate of drug-likeness (QED) is 0.177. The Morgan fingerprint density at radius 3 is 2.46 bits per heavy atom. The Bertz CT molecular complexity index is 1660. The number of piperidine rings is 1. The Morgan fingerprint density at radius 1 is 1.00 bits per heavy atom. The summed E-state index contributed by atoms with van der Waals surface area (Å²) in [5.41, 5.74) is 5.31. The Labute approximate surface area is 250 Å². The number of aryl methyl sites for hydroxylation is 2. The van der Waals surface area contributed by atoms with Crippen LogP contribution in [0.1, 0.15) is 52.6 Å². The van der Waals surface area contributed by atoms with Gasteiger partial charge < -0.3 is 14.6 Å². The highest BCUT2D eigenvalue weighted by Crippen LogP contribution is 2.37. The number of aromatic nitrogens is 2. The zero-order valence-electron chi connectivity index (χ0n) is 23.2. The molecule has 2 aromatic heterocycles. The number of thiazole rings is 1. The van der Waals surface area contributed by atoms with E-state index in [-0.39, 0.29) is 0 Å². The number of nitrogens with one attached hydrogen (secondary N) is 1. The molecule has 0 aliphatic carbocycles. The zero-order valence-corrected chi connectivity index (χ0v) is 24.8. The first kappa shape index (κ1) is 27.5. The molecule has 0 amide bonds. The first-order valence-electron chi connectivity index (χ1n) is 14.3. The number of benzene rings is 3. The zero-order chi connectivity index (χ0) is 28.2. The predicted octanol–water partition coefficient (Wildman–Crippen LogP) is 9.12. The largest absolute Gasteiger partial charge is 0.457 e. The molecule has 0 spiro atoms. The second-order valence-electron chi connectivity index (χ2n) is 10.8. The highest BCUT2D eigenvalue weighted by atomic mass is 35.5. The third-order valence-corrected chi connectivity index (χ3v) is 9.43. The van der Waals surface area contributed by atoms with Gasteiger partial charge in [-0.25, -0.2) is 4.98 Å². The summed E-state index contributed by atoms with van der Waals surface area (Å²) in [6.07, 6.45) is 7.46. The number of halogens is 1. The smallest absolute Gasteiger partial charge is 0.127 e. The number of H-pyrrole nitrogens is 1. The number of hydrogen-bond donors (Lipinski definition) is 1. The summed E-state index contributed by atoms with van der Waals surface area (Å²) < 4.78 is 5.95. The molecule has 208 valence electrons. The van der Waals surface area contributed by atoms with Crippen molar-refractivity contribution in [2.24, 2.45) is 0 Å². The van der Waals surface area contributed by atoms with Crippen LogP contribution in [0.15, 0.2) is 72.9 Å². The standard InChI is InChI=1S/C34H33ClN4OS/c1-23-33(24-5-10-28(11-6-24)40-29-12-8-27(35)9-13-29)38-34(41-23)25-16-20-39(21-17-25)19-3-2-4-30-26(22-36)7-14-32-31(30)15-18-37-32/h5-15,18,25,37H,2-4,16-17,19-21H2,1H3. The number of fused-ring (bicyclic) bond motifs is 1. The van der Waals surface area contributed by atoms with E-state index in [0.29, 0.717) is 10.9 Å². The summed E-state index contributed by atoms with van der Waals surface area (Å²) in [7, 11) is 0. The van der Waals surface area contributed by atoms with Gasteiger partial charge in [-0.05, 0) is 131 Å². The van der Waals surface area contributed by atoms with Crippen molar-refractivity contribution in [2.45, 2.75) is 44.9 Å². The normalized spacial score (nSPS) is 14.4. The maximum Gasteiger partial charge on any atom is 0.127 e. The van der Waals surface area contributed by atoms with Crippen molar-refractivity contribution < 1.29 is 4.74 Å². The maximum absolute atomic E-state index is 9.56. The van der Waals surface area contributed by atoms with Crippen LogP contribution < -0.4 is 4.74 Å². The number of unbranched alkanes of at least 4 members (excludes halogenated alkanes) is 1. The second kappa shape index (κ2) is 12.5. The minimum absolute atomic E-state index is 0.528. The predicted molar refractivity (Wildman–Crippen MR) is 168 cm³/mol. The maximum atomic E-state index is 9.56. The molecule has 0 atom stereocenters. The van der Waals surface area contributed by atoms with Gasteiger partial charge in [-0.2, -0.15) is 5.26 Å². The molecule has 1 saturated heterocycles. The Kier molecular flexibility index (Phi) is 8.38. The molecule has 6 rings (SSSR count). The first-order valence-corrected chi connectivity index (χ1v) is 15.5. The van der Waals surface area contributed by atoms with E-state index in [0.717, 1.165) is 85.6 Å². The molecule has 0 radical (unpaired) electrons. The molecule has 0 unspecified atom stereocenters. The minimum atomic E-state index is 0.528. The topological polar surface area (TPSA) is 64.9 Å². The van der Waals surface area contributed by atoms with Crippen molar-refractivity contribution in [1.82, 2.24) is 14.9 Å². The van der Waals surface area contributed by atoms with Crippen LogP contribution in [-0.2, 0) is 6.42 Å². The van der Waals surface area contributed by atoms with Crippen LogP contribution in [0, 0.1) is 18.3 Å². The highest BCUT2D eigenvalue weighted by Gasteiger charge is 2.24. The number of ether oxygens (including phenoxy) is 1. The number of aromatic amines is 1. The molecular weight excluding hydrogens is 548 g/mol. The fourth-order valence-corrected chi connectivity index (χ4v) is 7.03. The van der Waals surface area contributed by atoms with Crippen molar-refractivity contribution in [3.8, 4) is 28.8 Å². The highest BCUT2D eigenvalue weighted by molar-refractivity contribution is 7.12. The van der Waals surface area contributed by atoms with Crippen molar-refractivity contribution in [2.75, 3.05) is 19.6 Å². The lowest BCUT2D eigenvalue weighted by Gasteiger charge is -2.31. The van der Waals surface area contributed by atoms with Crippen LogP contribution in [0.2, 0.25) is 5.02 Å². The molecule has 3 aromatic carbocycles. The molecule has 5 nitrogen and oxygen atoms in total. The molecule has 3 heterocycles. The van der Waals surface area contributed by atoms with Gasteiger partial charge in [-0.1, -0.05) is 11.6 Å². The van der Waals surface area contributed by atoms with Crippen LogP contribution in [0.25, 0.3) is 22.2 Å². The van der Waals surface area contributed by atoms with E-state index in [9.17, 15) is 5.26 Å². The second-order valence-corrected chi connectivity index (χ2v) is 12.4. The molecular formula is C34H33ClN4OS. The summed E-state index contributed by atoms with van der Waals surface area (Å²) in [5, 5.41) is 12.7. The first-order chi connectivity index (χ1) is 20.1. The van der Waals surface area contributed by atoms with E-state index in [1.165, 1.54) is 20.8 Å². The number of nitrogens with zero attached hydrogens (tertiary/aromatic N) is 3. The van der Waals surface area contributed by atoms with E-state index in [2.05, 4.69) is 41.1 Å². The molecule has 0 saturated carbocycles. The van der Waals surface area contributed by atoms with E-state index in [4.69, 9.17) is 21.3 Å². The number of likely N-dealkylation sites (tertiary alicyclic amines) is 1. The summed E-state index contributed by atoms with van der Waals surface area (Å²) >= 11 is 7.82. The summed E-state index contributed by atoms with van der Waals surface area (Å²) in [6, 6.07) is 24.0. The fraction of sp³-hybridized carbons (Fsp3) is 0.294. The molecule has 0 bridgehead atoms. The average molecular weight is 581 g/mol. The van der Waals surface area contributed by atoms with Gasteiger partial charge >= 0.3 is 0 Å². The van der Waals surface area contributed by atoms with Crippen molar-refractivity contribution in [1.29, 1.82) is 5.26 Å². The third kappa shape index (κ3) is 6.33. The number of hydrogen-bond acceptors (Lipinski definition) is 5. The van der Waals surface area contributed by atoms with E-state index >= 15 is 0 Å². The van der Waals surface area contributed by atoms with Gasteiger partial charge in [0.05, 0.1) is 22.3 Å². The van der Waals surface area contributed by atoms with Gasteiger partial charge in [-0.15, -0.1) is 11.3 Å². The summed E-state index contributed by atoms with van der Waals surface area (Å²) in [4.78, 5) is 12.2.